The average Bonchev–Trinajstić information content (AvgIpc) is 2.65. The van der Waals surface area contributed by atoms with E-state index in [-0.39, 0.29) is 16.8 Å². The molecule has 0 aliphatic heterocycles. The van der Waals surface area contributed by atoms with Gasteiger partial charge in [0, 0.05) is 17.6 Å². The molecule has 7 heteroatoms. The van der Waals surface area contributed by atoms with E-state index in [0.29, 0.717) is 12.1 Å². The van der Waals surface area contributed by atoms with Crippen molar-refractivity contribution in [3.63, 3.8) is 0 Å². The van der Waals surface area contributed by atoms with Gasteiger partial charge in [0.15, 0.2) is 5.11 Å². The lowest BCUT2D eigenvalue weighted by atomic mass is 10.1. The van der Waals surface area contributed by atoms with Gasteiger partial charge in [0.1, 0.15) is 5.82 Å². The fraction of sp³-hybridized carbons (Fsp3) is 0.105. The number of hydrogen-bond donors (Lipinski definition) is 3. The summed E-state index contributed by atoms with van der Waals surface area (Å²) in [4.78, 5) is 16.9. The van der Waals surface area contributed by atoms with Crippen LogP contribution in [0.2, 0.25) is 0 Å². The molecular weight excluding hydrogens is 351 g/mol. The first-order valence-corrected chi connectivity index (χ1v) is 8.39. The van der Waals surface area contributed by atoms with Gasteiger partial charge in [0.05, 0.1) is 11.1 Å². The zero-order chi connectivity index (χ0) is 18.5. The quantitative estimate of drug-likeness (QED) is 0.490. The van der Waals surface area contributed by atoms with Crippen molar-refractivity contribution in [3.05, 3.63) is 77.2 Å². The second-order valence-electron chi connectivity index (χ2n) is 5.72. The summed E-state index contributed by atoms with van der Waals surface area (Å²) < 4.78 is 12.9. The van der Waals surface area contributed by atoms with E-state index < -0.39 is 0 Å². The van der Waals surface area contributed by atoms with Crippen LogP contribution < -0.4 is 16.2 Å². The second-order valence-corrected chi connectivity index (χ2v) is 6.12. The normalized spacial score (nSPS) is 10.4. The van der Waals surface area contributed by atoms with Gasteiger partial charge in [-0.05, 0) is 49.0 Å². The van der Waals surface area contributed by atoms with E-state index in [0.717, 1.165) is 22.2 Å². The number of rotatable bonds is 3. The SMILES string of the molecule is Cc1cc(C(=O)NNC(=S)NCc2ccc(F)cc2)c2ccccc2n1. The summed E-state index contributed by atoms with van der Waals surface area (Å²) in [5.74, 6) is -0.598. The predicted octanol–water partition coefficient (Wildman–Crippen LogP) is 2.99. The summed E-state index contributed by atoms with van der Waals surface area (Å²) in [5, 5.41) is 3.97. The summed E-state index contributed by atoms with van der Waals surface area (Å²) in [5.41, 5.74) is 8.16. The molecule has 1 aromatic heterocycles. The molecule has 3 aromatic rings. The van der Waals surface area contributed by atoms with Crippen LogP contribution in [0.3, 0.4) is 0 Å². The van der Waals surface area contributed by atoms with Crippen molar-refractivity contribution in [2.24, 2.45) is 0 Å². The van der Waals surface area contributed by atoms with Gasteiger partial charge < -0.3 is 5.32 Å². The monoisotopic (exact) mass is 368 g/mol. The van der Waals surface area contributed by atoms with E-state index in [9.17, 15) is 9.18 Å². The van der Waals surface area contributed by atoms with Crippen molar-refractivity contribution in [2.75, 3.05) is 0 Å². The maximum Gasteiger partial charge on any atom is 0.270 e. The van der Waals surface area contributed by atoms with E-state index in [1.165, 1.54) is 12.1 Å². The number of aromatic nitrogens is 1. The molecule has 2 aromatic carbocycles. The zero-order valence-corrected chi connectivity index (χ0v) is 14.9. The molecule has 0 saturated carbocycles. The van der Waals surface area contributed by atoms with Crippen LogP contribution in [-0.2, 0) is 6.54 Å². The van der Waals surface area contributed by atoms with Crippen LogP contribution in [0.15, 0.2) is 54.6 Å². The van der Waals surface area contributed by atoms with Crippen molar-refractivity contribution < 1.29 is 9.18 Å². The lowest BCUT2D eigenvalue weighted by molar-refractivity contribution is 0.0945. The third kappa shape index (κ3) is 4.31. The molecule has 26 heavy (non-hydrogen) atoms. The molecule has 3 N–H and O–H groups in total. The predicted molar refractivity (Wildman–Crippen MR) is 103 cm³/mol. The first-order valence-electron chi connectivity index (χ1n) is 7.98. The highest BCUT2D eigenvalue weighted by molar-refractivity contribution is 7.80. The molecule has 5 nitrogen and oxygen atoms in total. The number of thiocarbonyl (C=S) groups is 1. The van der Waals surface area contributed by atoms with Crippen LogP contribution in [-0.4, -0.2) is 16.0 Å². The number of hydrogen-bond acceptors (Lipinski definition) is 3. The number of halogens is 1. The summed E-state index contributed by atoms with van der Waals surface area (Å²) in [6.07, 6.45) is 0. The fourth-order valence-electron chi connectivity index (χ4n) is 2.51. The summed E-state index contributed by atoms with van der Waals surface area (Å²) in [7, 11) is 0. The maximum absolute atomic E-state index is 12.9. The third-order valence-corrected chi connectivity index (χ3v) is 3.99. The Bertz CT molecular complexity index is 959. The van der Waals surface area contributed by atoms with Gasteiger partial charge in [-0.1, -0.05) is 30.3 Å². The first kappa shape index (κ1) is 17.8. The molecule has 0 bridgehead atoms. The smallest absolute Gasteiger partial charge is 0.270 e. The largest absolute Gasteiger partial charge is 0.357 e. The number of carbonyl (C=O) groups excluding carboxylic acids is 1. The van der Waals surface area contributed by atoms with Gasteiger partial charge >= 0.3 is 0 Å². The van der Waals surface area contributed by atoms with E-state index >= 15 is 0 Å². The Kier molecular flexibility index (Phi) is 5.38. The highest BCUT2D eigenvalue weighted by Crippen LogP contribution is 2.17. The Balaban J connectivity index is 1.60. The maximum atomic E-state index is 12.9. The summed E-state index contributed by atoms with van der Waals surface area (Å²) in [6.45, 7) is 2.25. The molecule has 0 aliphatic carbocycles. The van der Waals surface area contributed by atoms with E-state index in [1.807, 2.05) is 31.2 Å². The number of aryl methyl sites for hydroxylation is 1. The Morgan fingerprint density at radius 2 is 1.85 bits per heavy atom. The lowest BCUT2D eigenvalue weighted by Crippen LogP contribution is -2.46. The molecule has 0 spiro atoms. The van der Waals surface area contributed by atoms with Crippen LogP contribution >= 0.6 is 12.2 Å². The molecule has 1 amide bonds. The highest BCUT2D eigenvalue weighted by atomic mass is 32.1. The number of amides is 1. The number of hydrazine groups is 1. The van der Waals surface area contributed by atoms with Gasteiger partial charge in [-0.2, -0.15) is 0 Å². The Hall–Kier alpha value is -3.06. The average molecular weight is 368 g/mol. The van der Waals surface area contributed by atoms with Gasteiger partial charge in [-0.25, -0.2) is 4.39 Å². The van der Waals surface area contributed by atoms with Crippen LogP contribution in [0.1, 0.15) is 21.6 Å². The highest BCUT2D eigenvalue weighted by Gasteiger charge is 2.11. The minimum Gasteiger partial charge on any atom is -0.357 e. The zero-order valence-electron chi connectivity index (χ0n) is 14.0. The number of benzene rings is 2. The Labute approximate surface area is 155 Å². The van der Waals surface area contributed by atoms with Crippen LogP contribution in [0.5, 0.6) is 0 Å². The number of nitrogens with one attached hydrogen (secondary N) is 3. The number of pyridine rings is 1. The van der Waals surface area contributed by atoms with Gasteiger partial charge in [0.2, 0.25) is 0 Å². The standard InChI is InChI=1S/C19H17FN4OS/c1-12-10-16(15-4-2-3-5-17(15)22-12)18(25)23-24-19(26)21-11-13-6-8-14(20)9-7-13/h2-10H,11H2,1H3,(H,23,25)(H2,21,24,26). The number of carbonyl (C=O) groups is 1. The Morgan fingerprint density at radius 3 is 2.62 bits per heavy atom. The molecule has 0 radical (unpaired) electrons. The van der Waals surface area contributed by atoms with Crippen LogP contribution in [0.4, 0.5) is 4.39 Å². The van der Waals surface area contributed by atoms with Crippen molar-refractivity contribution >= 4 is 34.1 Å². The van der Waals surface area contributed by atoms with Gasteiger partial charge in [-0.15, -0.1) is 0 Å². The minimum absolute atomic E-state index is 0.262. The molecular formula is C19H17FN4OS. The van der Waals surface area contributed by atoms with E-state index in [1.54, 1.807) is 18.2 Å². The third-order valence-electron chi connectivity index (χ3n) is 3.74. The van der Waals surface area contributed by atoms with Gasteiger partial charge in [0.25, 0.3) is 5.91 Å². The molecule has 0 saturated heterocycles. The number of fused-ring (bicyclic) bond motifs is 1. The van der Waals surface area contributed by atoms with E-state index in [2.05, 4.69) is 21.2 Å². The summed E-state index contributed by atoms with van der Waals surface area (Å²) >= 11 is 5.15. The molecule has 0 fully saturated rings. The first-order chi connectivity index (χ1) is 12.5. The molecule has 132 valence electrons. The molecule has 0 unspecified atom stereocenters. The Morgan fingerprint density at radius 1 is 1.12 bits per heavy atom. The second kappa shape index (κ2) is 7.88. The minimum atomic E-state index is -0.308. The lowest BCUT2D eigenvalue weighted by Gasteiger charge is -2.13. The fourth-order valence-corrected chi connectivity index (χ4v) is 2.63. The molecule has 1 heterocycles. The van der Waals surface area contributed by atoms with Gasteiger partial charge in [-0.3, -0.25) is 20.6 Å². The summed E-state index contributed by atoms with van der Waals surface area (Å²) in [6, 6.07) is 15.3. The topological polar surface area (TPSA) is 66.1 Å². The van der Waals surface area contributed by atoms with Crippen molar-refractivity contribution in [2.45, 2.75) is 13.5 Å². The van der Waals surface area contributed by atoms with E-state index in [4.69, 9.17) is 12.2 Å². The van der Waals surface area contributed by atoms with Crippen molar-refractivity contribution in [3.8, 4) is 0 Å². The van der Waals surface area contributed by atoms with Crippen molar-refractivity contribution in [1.82, 2.24) is 21.2 Å². The van der Waals surface area contributed by atoms with Crippen LogP contribution in [0, 0.1) is 12.7 Å². The number of nitrogens with zero attached hydrogens (tertiary/aromatic N) is 1. The van der Waals surface area contributed by atoms with Crippen molar-refractivity contribution in [1.29, 1.82) is 0 Å². The molecule has 0 aliphatic rings. The molecule has 3 rings (SSSR count). The van der Waals surface area contributed by atoms with Crippen LogP contribution in [0.25, 0.3) is 10.9 Å². The number of para-hydroxylation sites is 1. The molecule has 0 atom stereocenters.